The van der Waals surface area contributed by atoms with Gasteiger partial charge in [-0.05, 0) is 10.0 Å². The molecule has 1 heterocycles. The standard InChI is InChI=1S/C8H6NO2S/c10-12(11)9-6-5-7-3-1-2-4-8(7)9/h1-6H/q+1. The molecule has 60 valence electrons. The number of fused-ring (bicyclic) bond motifs is 1. The molecule has 0 N–H and O–H groups in total. The summed E-state index contributed by atoms with van der Waals surface area (Å²) in [5, 5.41) is 0. The van der Waals surface area contributed by atoms with Crippen molar-refractivity contribution >= 4 is 22.3 Å². The van der Waals surface area contributed by atoms with E-state index in [-0.39, 0.29) is 0 Å². The molecule has 3 nitrogen and oxygen atoms in total. The molecule has 0 saturated heterocycles. The zero-order valence-corrected chi connectivity index (χ0v) is 6.95. The molecule has 0 spiro atoms. The van der Waals surface area contributed by atoms with Gasteiger partial charge < -0.3 is 0 Å². The van der Waals surface area contributed by atoms with E-state index in [2.05, 4.69) is 0 Å². The van der Waals surface area contributed by atoms with Crippen LogP contribution in [0.3, 0.4) is 0 Å². The van der Waals surface area contributed by atoms with E-state index in [4.69, 9.17) is 0 Å². The highest BCUT2D eigenvalue weighted by Gasteiger charge is 2.19. The summed E-state index contributed by atoms with van der Waals surface area (Å²) in [5.74, 6) is 0. The van der Waals surface area contributed by atoms with Gasteiger partial charge in [-0.3, -0.25) is 0 Å². The Morgan fingerprint density at radius 1 is 1.17 bits per heavy atom. The van der Waals surface area contributed by atoms with E-state index >= 15 is 0 Å². The van der Waals surface area contributed by atoms with E-state index in [0.29, 0.717) is 5.69 Å². The van der Waals surface area contributed by atoms with Gasteiger partial charge in [0.1, 0.15) is 0 Å². The molecule has 1 aromatic carbocycles. The molecule has 0 unspecified atom stereocenters. The van der Waals surface area contributed by atoms with Crippen molar-refractivity contribution in [3.8, 4) is 0 Å². The van der Waals surface area contributed by atoms with Gasteiger partial charge >= 0.3 is 10.5 Å². The van der Waals surface area contributed by atoms with Gasteiger partial charge in [0.25, 0.3) is 0 Å². The van der Waals surface area contributed by atoms with Crippen LogP contribution in [0.25, 0.3) is 6.08 Å². The first-order valence-electron chi connectivity index (χ1n) is 3.45. The Labute approximate surface area is 71.3 Å². The van der Waals surface area contributed by atoms with Gasteiger partial charge in [-0.15, -0.1) is 8.42 Å². The summed E-state index contributed by atoms with van der Waals surface area (Å²) < 4.78 is 22.5. The van der Waals surface area contributed by atoms with Crippen molar-refractivity contribution in [2.75, 3.05) is 0 Å². The molecular weight excluding hydrogens is 174 g/mol. The Hall–Kier alpha value is -1.42. The molecule has 1 aromatic rings. The van der Waals surface area contributed by atoms with Crippen molar-refractivity contribution in [2.24, 2.45) is 0 Å². The minimum Gasteiger partial charge on any atom is -0.122 e. The third-order valence-electron chi connectivity index (χ3n) is 1.72. The number of hydrogen-bond donors (Lipinski definition) is 0. The predicted octanol–water partition coefficient (Wildman–Crippen LogP) is 1.38. The Bertz CT molecular complexity index is 478. The first-order valence-corrected chi connectivity index (χ1v) is 4.48. The van der Waals surface area contributed by atoms with Gasteiger partial charge in [0, 0.05) is 12.1 Å². The van der Waals surface area contributed by atoms with Crippen molar-refractivity contribution in [3.63, 3.8) is 0 Å². The maximum absolute atomic E-state index is 10.6. The number of nitrogens with zero attached hydrogens (tertiary/aromatic N) is 1. The van der Waals surface area contributed by atoms with Crippen LogP contribution in [0.15, 0.2) is 30.5 Å². The van der Waals surface area contributed by atoms with E-state index in [1.54, 1.807) is 12.1 Å². The maximum atomic E-state index is 10.6. The topological polar surface area (TPSA) is 37.1 Å². The molecule has 0 aliphatic carbocycles. The van der Waals surface area contributed by atoms with Gasteiger partial charge in [-0.25, -0.2) is 0 Å². The van der Waals surface area contributed by atoms with Gasteiger partial charge in [0.2, 0.25) is 5.69 Å². The van der Waals surface area contributed by atoms with Gasteiger partial charge in [0.05, 0.1) is 5.56 Å². The summed E-state index contributed by atoms with van der Waals surface area (Å²) in [6.07, 6.45) is 3.30. The number of para-hydroxylation sites is 1. The number of rotatable bonds is 0. The Balaban J connectivity index is 2.81. The smallest absolute Gasteiger partial charge is 0.122 e. The van der Waals surface area contributed by atoms with Crippen LogP contribution in [0.4, 0.5) is 5.69 Å². The highest BCUT2D eigenvalue weighted by atomic mass is 32.2. The third-order valence-corrected chi connectivity index (χ3v) is 2.36. The van der Waals surface area contributed by atoms with Crippen molar-refractivity contribution in [3.05, 3.63) is 36.0 Å². The lowest BCUT2D eigenvalue weighted by Gasteiger charge is -1.87. The van der Waals surface area contributed by atoms with Crippen LogP contribution in [0, 0.1) is 0 Å². The zero-order valence-electron chi connectivity index (χ0n) is 6.14. The van der Waals surface area contributed by atoms with E-state index in [1.165, 1.54) is 10.1 Å². The molecule has 0 aromatic heterocycles. The first kappa shape index (κ1) is 7.24. The van der Waals surface area contributed by atoms with Crippen LogP contribution in [-0.4, -0.2) is 12.4 Å². The summed E-state index contributed by atoms with van der Waals surface area (Å²) in [7, 11) is -2.21. The van der Waals surface area contributed by atoms with Crippen molar-refractivity contribution in [1.29, 1.82) is 0 Å². The van der Waals surface area contributed by atoms with Gasteiger partial charge in [-0.1, -0.05) is 12.1 Å². The fraction of sp³-hybridized carbons (Fsp3) is 0. The molecule has 2 rings (SSSR count). The average molecular weight is 180 g/mol. The lowest BCUT2D eigenvalue weighted by atomic mass is 10.2. The highest BCUT2D eigenvalue weighted by molar-refractivity contribution is 7.59. The molecule has 1 aliphatic heterocycles. The molecule has 0 atom stereocenters. The van der Waals surface area contributed by atoms with Crippen LogP contribution in [-0.2, 0) is 10.5 Å². The number of benzene rings is 1. The van der Waals surface area contributed by atoms with E-state index < -0.39 is 10.5 Å². The quantitative estimate of drug-likeness (QED) is 0.565. The van der Waals surface area contributed by atoms with Crippen molar-refractivity contribution in [2.45, 2.75) is 0 Å². The van der Waals surface area contributed by atoms with Crippen LogP contribution >= 0.6 is 0 Å². The molecule has 0 fully saturated rings. The van der Waals surface area contributed by atoms with Gasteiger partial charge in [-0.2, -0.15) is 0 Å². The monoisotopic (exact) mass is 180 g/mol. The number of hydrogen-bond acceptors (Lipinski definition) is 2. The van der Waals surface area contributed by atoms with E-state index in [1.807, 2.05) is 18.2 Å². The van der Waals surface area contributed by atoms with Gasteiger partial charge in [0.15, 0.2) is 6.20 Å². The molecule has 0 amide bonds. The van der Waals surface area contributed by atoms with Crippen LogP contribution < -0.4 is 0 Å². The fourth-order valence-electron chi connectivity index (χ4n) is 1.19. The Morgan fingerprint density at radius 3 is 2.67 bits per heavy atom. The molecular formula is C8H6NO2S+. The summed E-state index contributed by atoms with van der Waals surface area (Å²) in [4.78, 5) is 0. The maximum Gasteiger partial charge on any atom is 0.470 e. The normalized spacial score (nSPS) is 13.2. The minimum absolute atomic E-state index is 0.714. The second kappa shape index (κ2) is 2.57. The van der Waals surface area contributed by atoms with E-state index in [0.717, 1.165) is 5.56 Å². The lowest BCUT2D eigenvalue weighted by molar-refractivity contribution is -0.326. The second-order valence-corrected chi connectivity index (χ2v) is 3.25. The SMILES string of the molecule is O=S(=O)=[N+]1C=Cc2ccccc21. The summed E-state index contributed by atoms with van der Waals surface area (Å²) in [6.45, 7) is 0. The Kier molecular flexibility index (Phi) is 1.55. The molecule has 4 heteroatoms. The molecule has 1 aliphatic rings. The first-order chi connectivity index (χ1) is 5.79. The Morgan fingerprint density at radius 2 is 1.92 bits per heavy atom. The van der Waals surface area contributed by atoms with Crippen LogP contribution in [0.1, 0.15) is 5.56 Å². The lowest BCUT2D eigenvalue weighted by Crippen LogP contribution is -1.89. The minimum atomic E-state index is -2.21. The van der Waals surface area contributed by atoms with E-state index in [9.17, 15) is 8.42 Å². The van der Waals surface area contributed by atoms with Crippen LogP contribution in [0.2, 0.25) is 0 Å². The zero-order chi connectivity index (χ0) is 8.55. The molecule has 0 bridgehead atoms. The molecule has 0 saturated carbocycles. The fourth-order valence-corrected chi connectivity index (χ4v) is 1.67. The predicted molar refractivity (Wildman–Crippen MR) is 44.3 cm³/mol. The summed E-state index contributed by atoms with van der Waals surface area (Å²) in [5.41, 5.74) is 1.65. The third kappa shape index (κ3) is 0.967. The summed E-state index contributed by atoms with van der Waals surface area (Å²) in [6, 6.07) is 7.33. The summed E-state index contributed by atoms with van der Waals surface area (Å²) >= 11 is 0. The van der Waals surface area contributed by atoms with Crippen molar-refractivity contribution < 1.29 is 12.4 Å². The highest BCUT2D eigenvalue weighted by Crippen LogP contribution is 2.25. The average Bonchev–Trinajstić information content (AvgIpc) is 2.47. The molecule has 12 heavy (non-hydrogen) atoms. The second-order valence-electron chi connectivity index (χ2n) is 2.42. The molecule has 0 radical (unpaired) electrons. The van der Waals surface area contributed by atoms with Crippen molar-refractivity contribution in [1.82, 2.24) is 0 Å². The van der Waals surface area contributed by atoms with Crippen LogP contribution in [0.5, 0.6) is 0 Å². The largest absolute Gasteiger partial charge is 0.470 e.